The SMILES string of the molecule is Cc1cc(N2CCCC2)ccc1NC(=O)CCc1ncc(-c2ccccc2)o1. The molecule has 1 aliphatic rings. The van der Waals surface area contributed by atoms with Crippen molar-refractivity contribution in [3.8, 4) is 11.3 Å². The number of rotatable bonds is 6. The van der Waals surface area contributed by atoms with Crippen LogP contribution in [0, 0.1) is 6.92 Å². The van der Waals surface area contributed by atoms with Crippen molar-refractivity contribution in [2.75, 3.05) is 23.3 Å². The maximum atomic E-state index is 12.4. The zero-order chi connectivity index (χ0) is 19.3. The predicted molar refractivity (Wildman–Crippen MR) is 112 cm³/mol. The van der Waals surface area contributed by atoms with Gasteiger partial charge in [-0.3, -0.25) is 4.79 Å². The lowest BCUT2D eigenvalue weighted by Gasteiger charge is -2.19. The molecule has 1 amide bonds. The summed E-state index contributed by atoms with van der Waals surface area (Å²) in [5.41, 5.74) is 4.17. The van der Waals surface area contributed by atoms with E-state index >= 15 is 0 Å². The summed E-state index contributed by atoms with van der Waals surface area (Å²) in [6, 6.07) is 16.1. The normalized spacial score (nSPS) is 13.7. The van der Waals surface area contributed by atoms with Gasteiger partial charge in [0.05, 0.1) is 6.20 Å². The molecule has 0 radical (unpaired) electrons. The van der Waals surface area contributed by atoms with E-state index in [2.05, 4.69) is 27.3 Å². The highest BCUT2D eigenvalue weighted by molar-refractivity contribution is 5.91. The molecule has 5 heteroatoms. The molecule has 144 valence electrons. The number of nitrogens with zero attached hydrogens (tertiary/aromatic N) is 2. The van der Waals surface area contributed by atoms with Crippen molar-refractivity contribution in [3.05, 3.63) is 66.2 Å². The summed E-state index contributed by atoms with van der Waals surface area (Å²) in [6.45, 7) is 4.27. The average molecular weight is 375 g/mol. The molecule has 2 heterocycles. The van der Waals surface area contributed by atoms with Crippen LogP contribution in [0.1, 0.15) is 30.7 Å². The van der Waals surface area contributed by atoms with Gasteiger partial charge in [0.15, 0.2) is 11.7 Å². The Morgan fingerprint density at radius 1 is 1.14 bits per heavy atom. The Hall–Kier alpha value is -3.08. The monoisotopic (exact) mass is 375 g/mol. The molecule has 3 aromatic rings. The van der Waals surface area contributed by atoms with Gasteiger partial charge < -0.3 is 14.6 Å². The molecule has 0 spiro atoms. The molecule has 1 fully saturated rings. The third-order valence-electron chi connectivity index (χ3n) is 5.13. The van der Waals surface area contributed by atoms with Crippen molar-refractivity contribution in [2.24, 2.45) is 0 Å². The fourth-order valence-corrected chi connectivity index (χ4v) is 3.56. The van der Waals surface area contributed by atoms with Gasteiger partial charge in [0.2, 0.25) is 5.91 Å². The number of oxazole rings is 1. The third kappa shape index (κ3) is 4.25. The lowest BCUT2D eigenvalue weighted by atomic mass is 10.1. The second-order valence-corrected chi connectivity index (χ2v) is 7.23. The molecule has 4 rings (SSSR count). The molecule has 0 unspecified atom stereocenters. The standard InChI is InChI=1S/C23H25N3O2/c1-17-15-19(26-13-5-6-14-26)9-10-20(17)25-22(27)11-12-23-24-16-21(28-23)18-7-3-2-4-8-18/h2-4,7-10,15-16H,5-6,11-14H2,1H3,(H,25,27). The van der Waals surface area contributed by atoms with Crippen LogP contribution >= 0.6 is 0 Å². The number of carbonyl (C=O) groups excluding carboxylic acids is 1. The zero-order valence-corrected chi connectivity index (χ0v) is 16.1. The molecule has 0 atom stereocenters. The van der Waals surface area contributed by atoms with Crippen molar-refractivity contribution in [2.45, 2.75) is 32.6 Å². The fraction of sp³-hybridized carbons (Fsp3) is 0.304. The van der Waals surface area contributed by atoms with E-state index in [-0.39, 0.29) is 5.91 Å². The number of carbonyl (C=O) groups is 1. The summed E-state index contributed by atoms with van der Waals surface area (Å²) in [5, 5.41) is 3.01. The van der Waals surface area contributed by atoms with Crippen LogP contribution in [0.15, 0.2) is 59.1 Å². The summed E-state index contributed by atoms with van der Waals surface area (Å²) >= 11 is 0. The molecule has 1 N–H and O–H groups in total. The first-order valence-electron chi connectivity index (χ1n) is 9.84. The van der Waals surface area contributed by atoms with Crippen LogP contribution in [0.4, 0.5) is 11.4 Å². The Morgan fingerprint density at radius 3 is 2.68 bits per heavy atom. The Morgan fingerprint density at radius 2 is 1.93 bits per heavy atom. The van der Waals surface area contributed by atoms with Gasteiger partial charge in [0.1, 0.15) is 0 Å². The van der Waals surface area contributed by atoms with Crippen LogP contribution in [-0.4, -0.2) is 24.0 Å². The van der Waals surface area contributed by atoms with E-state index in [1.165, 1.54) is 18.5 Å². The number of anilines is 2. The van der Waals surface area contributed by atoms with E-state index in [9.17, 15) is 4.79 Å². The van der Waals surface area contributed by atoms with Gasteiger partial charge in [-0.2, -0.15) is 0 Å². The predicted octanol–water partition coefficient (Wildman–Crippen LogP) is 4.82. The molecular weight excluding hydrogens is 350 g/mol. The van der Waals surface area contributed by atoms with Gasteiger partial charge in [-0.1, -0.05) is 30.3 Å². The number of nitrogens with one attached hydrogen (secondary N) is 1. The molecule has 1 aromatic heterocycles. The first kappa shape index (κ1) is 18.3. The number of hydrogen-bond donors (Lipinski definition) is 1. The first-order chi connectivity index (χ1) is 13.7. The van der Waals surface area contributed by atoms with Gasteiger partial charge >= 0.3 is 0 Å². The minimum absolute atomic E-state index is 0.0310. The quantitative estimate of drug-likeness (QED) is 0.671. The highest BCUT2D eigenvalue weighted by Gasteiger charge is 2.14. The Balaban J connectivity index is 1.33. The van der Waals surface area contributed by atoms with E-state index in [1.54, 1.807) is 6.20 Å². The van der Waals surface area contributed by atoms with Gasteiger partial charge in [0.25, 0.3) is 0 Å². The molecule has 0 aliphatic carbocycles. The summed E-state index contributed by atoms with van der Waals surface area (Å²) < 4.78 is 5.77. The average Bonchev–Trinajstić information content (AvgIpc) is 3.41. The Labute approximate surface area is 165 Å². The summed E-state index contributed by atoms with van der Waals surface area (Å²) in [6.07, 6.45) is 5.03. The number of aromatic nitrogens is 1. The van der Waals surface area contributed by atoms with E-state index in [4.69, 9.17) is 4.42 Å². The van der Waals surface area contributed by atoms with Gasteiger partial charge in [-0.25, -0.2) is 4.98 Å². The van der Waals surface area contributed by atoms with Crippen LogP contribution in [0.25, 0.3) is 11.3 Å². The molecule has 2 aromatic carbocycles. The van der Waals surface area contributed by atoms with Crippen LogP contribution in [0.3, 0.4) is 0 Å². The van der Waals surface area contributed by atoms with Crippen LogP contribution in [-0.2, 0) is 11.2 Å². The van der Waals surface area contributed by atoms with E-state index in [0.29, 0.717) is 18.7 Å². The minimum Gasteiger partial charge on any atom is -0.441 e. The van der Waals surface area contributed by atoms with Crippen molar-refractivity contribution >= 4 is 17.3 Å². The van der Waals surface area contributed by atoms with Crippen molar-refractivity contribution in [3.63, 3.8) is 0 Å². The number of benzene rings is 2. The molecule has 1 saturated heterocycles. The Bertz CT molecular complexity index is 943. The summed E-state index contributed by atoms with van der Waals surface area (Å²) in [5.74, 6) is 1.27. The van der Waals surface area contributed by atoms with Gasteiger partial charge in [0, 0.05) is 42.9 Å². The third-order valence-corrected chi connectivity index (χ3v) is 5.13. The van der Waals surface area contributed by atoms with Crippen LogP contribution in [0.2, 0.25) is 0 Å². The number of amides is 1. The topological polar surface area (TPSA) is 58.4 Å². The molecule has 28 heavy (non-hydrogen) atoms. The molecule has 0 bridgehead atoms. The van der Waals surface area contributed by atoms with Crippen molar-refractivity contribution in [1.29, 1.82) is 0 Å². The number of hydrogen-bond acceptors (Lipinski definition) is 4. The minimum atomic E-state index is -0.0310. The number of aryl methyl sites for hydroxylation is 2. The van der Waals surface area contributed by atoms with Crippen molar-refractivity contribution in [1.82, 2.24) is 4.98 Å². The van der Waals surface area contributed by atoms with Crippen molar-refractivity contribution < 1.29 is 9.21 Å². The zero-order valence-electron chi connectivity index (χ0n) is 16.1. The fourth-order valence-electron chi connectivity index (χ4n) is 3.56. The highest BCUT2D eigenvalue weighted by atomic mass is 16.4. The maximum absolute atomic E-state index is 12.4. The first-order valence-corrected chi connectivity index (χ1v) is 9.84. The second kappa shape index (κ2) is 8.30. The summed E-state index contributed by atoms with van der Waals surface area (Å²) in [4.78, 5) is 19.1. The molecule has 5 nitrogen and oxygen atoms in total. The van der Waals surface area contributed by atoms with E-state index in [0.717, 1.165) is 35.7 Å². The lowest BCUT2D eigenvalue weighted by molar-refractivity contribution is -0.116. The van der Waals surface area contributed by atoms with Crippen LogP contribution < -0.4 is 10.2 Å². The molecule has 1 aliphatic heterocycles. The molecular formula is C23H25N3O2. The lowest BCUT2D eigenvalue weighted by Crippen LogP contribution is -2.18. The van der Waals surface area contributed by atoms with E-state index in [1.807, 2.05) is 43.3 Å². The largest absolute Gasteiger partial charge is 0.441 e. The smallest absolute Gasteiger partial charge is 0.224 e. The van der Waals surface area contributed by atoms with Crippen LogP contribution in [0.5, 0.6) is 0 Å². The van der Waals surface area contributed by atoms with Gasteiger partial charge in [-0.05, 0) is 43.5 Å². The highest BCUT2D eigenvalue weighted by Crippen LogP contribution is 2.26. The summed E-state index contributed by atoms with van der Waals surface area (Å²) in [7, 11) is 0. The molecule has 0 saturated carbocycles. The second-order valence-electron chi connectivity index (χ2n) is 7.23. The van der Waals surface area contributed by atoms with Gasteiger partial charge in [-0.15, -0.1) is 0 Å². The maximum Gasteiger partial charge on any atom is 0.224 e. The Kier molecular flexibility index (Phi) is 5.42. The van der Waals surface area contributed by atoms with E-state index < -0.39 is 0 Å².